The van der Waals surface area contributed by atoms with Gasteiger partial charge in [0.25, 0.3) is 5.91 Å². The number of rotatable bonds is 5. The molecule has 0 aromatic heterocycles. The summed E-state index contributed by atoms with van der Waals surface area (Å²) in [6, 6.07) is 13.5. The quantitative estimate of drug-likeness (QED) is 0.382. The molecule has 5 nitrogen and oxygen atoms in total. The molecule has 0 aliphatic rings. The van der Waals surface area contributed by atoms with Gasteiger partial charge in [-0.15, -0.1) is 11.6 Å². The molecule has 2 rings (SSSR count). The van der Waals surface area contributed by atoms with Gasteiger partial charge >= 0.3 is 0 Å². The highest BCUT2D eigenvalue weighted by Gasteiger charge is 2.08. The van der Waals surface area contributed by atoms with Gasteiger partial charge in [-0.2, -0.15) is 0 Å². The maximum absolute atomic E-state index is 12.3. The van der Waals surface area contributed by atoms with Crippen molar-refractivity contribution in [2.45, 2.75) is 6.92 Å². The lowest BCUT2D eigenvalue weighted by Gasteiger charge is -2.07. The molecule has 0 fully saturated rings. The van der Waals surface area contributed by atoms with Crippen LogP contribution in [0.2, 0.25) is 0 Å². The molecule has 1 amide bonds. The molecule has 0 saturated heterocycles. The van der Waals surface area contributed by atoms with Crippen LogP contribution in [0.3, 0.4) is 0 Å². The Bertz CT molecular complexity index is 772. The molecule has 0 aliphatic heterocycles. The summed E-state index contributed by atoms with van der Waals surface area (Å²) in [5.41, 5.74) is 7.66. The number of benzene rings is 2. The summed E-state index contributed by atoms with van der Waals surface area (Å²) in [7, 11) is 0. The zero-order valence-corrected chi connectivity index (χ0v) is 13.3. The van der Waals surface area contributed by atoms with E-state index in [0.717, 1.165) is 0 Å². The molecule has 118 valence electrons. The van der Waals surface area contributed by atoms with Gasteiger partial charge < -0.3 is 11.1 Å². The maximum atomic E-state index is 12.3. The Balaban J connectivity index is 2.19. The number of carbonyl (C=O) groups excluding carboxylic acids is 2. The summed E-state index contributed by atoms with van der Waals surface area (Å²) in [5, 5.41) is 2.75. The Hall–Kier alpha value is -2.66. The van der Waals surface area contributed by atoms with Crippen LogP contribution in [0.4, 0.5) is 11.4 Å². The van der Waals surface area contributed by atoms with Gasteiger partial charge in [0.1, 0.15) is 5.84 Å². The van der Waals surface area contributed by atoms with Crippen LogP contribution < -0.4 is 11.1 Å². The molecule has 0 spiro atoms. The third-order valence-electron chi connectivity index (χ3n) is 3.04. The van der Waals surface area contributed by atoms with Gasteiger partial charge in [0, 0.05) is 16.8 Å². The normalized spacial score (nSPS) is 11.1. The van der Waals surface area contributed by atoms with E-state index < -0.39 is 0 Å². The first-order chi connectivity index (χ1) is 11.0. The third-order valence-corrected chi connectivity index (χ3v) is 3.32. The number of carbonyl (C=O) groups is 2. The molecule has 0 radical (unpaired) electrons. The van der Waals surface area contributed by atoms with Crippen molar-refractivity contribution >= 4 is 40.5 Å². The van der Waals surface area contributed by atoms with Crippen molar-refractivity contribution < 1.29 is 9.59 Å². The molecule has 0 unspecified atom stereocenters. The lowest BCUT2D eigenvalue weighted by Crippen LogP contribution is -2.13. The summed E-state index contributed by atoms with van der Waals surface area (Å²) >= 11 is 5.59. The van der Waals surface area contributed by atoms with Crippen LogP contribution in [0.15, 0.2) is 53.5 Å². The fraction of sp³-hybridized carbons (Fsp3) is 0.118. The number of nitrogens with zero attached hydrogens (tertiary/aromatic N) is 1. The lowest BCUT2D eigenvalue weighted by atomic mass is 10.1. The molecule has 23 heavy (non-hydrogen) atoms. The second-order valence-corrected chi connectivity index (χ2v) is 5.15. The van der Waals surface area contributed by atoms with Crippen LogP contribution in [0.1, 0.15) is 27.6 Å². The van der Waals surface area contributed by atoms with Crippen LogP contribution >= 0.6 is 11.6 Å². The van der Waals surface area contributed by atoms with Crippen molar-refractivity contribution in [3.8, 4) is 0 Å². The first kappa shape index (κ1) is 16.7. The SMILES string of the molecule is CC(=O)c1cccc(NC(=O)c2cccc(N=C(N)CCl)c2)c1. The minimum absolute atomic E-state index is 0.0611. The lowest BCUT2D eigenvalue weighted by molar-refractivity contribution is 0.101. The van der Waals surface area contributed by atoms with Crippen molar-refractivity contribution in [2.75, 3.05) is 11.2 Å². The predicted molar refractivity (Wildman–Crippen MR) is 92.8 cm³/mol. The predicted octanol–water partition coefficient (Wildman–Crippen LogP) is 3.37. The van der Waals surface area contributed by atoms with Crippen molar-refractivity contribution in [1.29, 1.82) is 0 Å². The number of ketones is 1. The number of hydrogen-bond acceptors (Lipinski definition) is 3. The fourth-order valence-corrected chi connectivity index (χ4v) is 1.99. The van der Waals surface area contributed by atoms with Gasteiger partial charge in [0.15, 0.2) is 5.78 Å². The van der Waals surface area contributed by atoms with E-state index in [4.69, 9.17) is 17.3 Å². The van der Waals surface area contributed by atoms with E-state index in [1.54, 1.807) is 48.5 Å². The zero-order valence-electron chi connectivity index (χ0n) is 12.5. The number of anilines is 1. The fourth-order valence-electron chi connectivity index (χ4n) is 1.93. The number of halogens is 1. The Morgan fingerprint density at radius 2 is 1.83 bits per heavy atom. The molecular formula is C17H16ClN3O2. The van der Waals surface area contributed by atoms with Crippen LogP contribution in [0.5, 0.6) is 0 Å². The van der Waals surface area contributed by atoms with Gasteiger partial charge in [-0.1, -0.05) is 18.2 Å². The molecule has 0 saturated carbocycles. The number of amidine groups is 1. The van der Waals surface area contributed by atoms with Crippen molar-refractivity contribution in [3.63, 3.8) is 0 Å². The average Bonchev–Trinajstić information content (AvgIpc) is 2.55. The van der Waals surface area contributed by atoms with E-state index in [1.165, 1.54) is 6.92 Å². The highest BCUT2D eigenvalue weighted by molar-refractivity contribution is 6.28. The highest BCUT2D eigenvalue weighted by Crippen LogP contribution is 2.17. The molecule has 2 aromatic rings. The second-order valence-electron chi connectivity index (χ2n) is 4.88. The van der Waals surface area contributed by atoms with E-state index in [2.05, 4.69) is 10.3 Å². The van der Waals surface area contributed by atoms with E-state index in [9.17, 15) is 9.59 Å². The number of nitrogens with two attached hydrogens (primary N) is 1. The third kappa shape index (κ3) is 4.66. The Kier molecular flexibility index (Phi) is 5.49. The number of hydrogen-bond donors (Lipinski definition) is 2. The van der Waals surface area contributed by atoms with Crippen LogP contribution in [-0.4, -0.2) is 23.4 Å². The first-order valence-corrected chi connectivity index (χ1v) is 7.44. The number of alkyl halides is 1. The minimum atomic E-state index is -0.299. The highest BCUT2D eigenvalue weighted by atomic mass is 35.5. The molecule has 0 heterocycles. The van der Waals surface area contributed by atoms with E-state index in [0.29, 0.717) is 22.5 Å². The van der Waals surface area contributed by atoms with Crippen LogP contribution in [-0.2, 0) is 0 Å². The summed E-state index contributed by atoms with van der Waals surface area (Å²) in [4.78, 5) is 27.8. The van der Waals surface area contributed by atoms with E-state index in [-0.39, 0.29) is 23.4 Å². The van der Waals surface area contributed by atoms with Gasteiger partial charge in [-0.05, 0) is 37.3 Å². The first-order valence-electron chi connectivity index (χ1n) is 6.91. The number of amides is 1. The van der Waals surface area contributed by atoms with Crippen molar-refractivity contribution in [2.24, 2.45) is 10.7 Å². The maximum Gasteiger partial charge on any atom is 0.255 e. The summed E-state index contributed by atoms with van der Waals surface area (Å²) < 4.78 is 0. The largest absolute Gasteiger partial charge is 0.386 e. The van der Waals surface area contributed by atoms with Gasteiger partial charge in [-0.3, -0.25) is 9.59 Å². The summed E-state index contributed by atoms with van der Waals surface area (Å²) in [6.45, 7) is 1.48. The molecule has 0 aliphatic carbocycles. The van der Waals surface area contributed by atoms with Gasteiger partial charge in [-0.25, -0.2) is 4.99 Å². The molecule has 0 bridgehead atoms. The van der Waals surface area contributed by atoms with Gasteiger partial charge in [0.05, 0.1) is 11.6 Å². The number of nitrogens with one attached hydrogen (secondary N) is 1. The molecule has 0 atom stereocenters. The molecular weight excluding hydrogens is 314 g/mol. The topological polar surface area (TPSA) is 84.5 Å². The van der Waals surface area contributed by atoms with Crippen LogP contribution in [0, 0.1) is 0 Å². The Labute approximate surface area is 139 Å². The summed E-state index contributed by atoms with van der Waals surface area (Å²) in [6.07, 6.45) is 0. The second kappa shape index (κ2) is 7.56. The summed E-state index contributed by atoms with van der Waals surface area (Å²) in [5.74, 6) is 0.0356. The molecule has 3 N–H and O–H groups in total. The number of Topliss-reactive ketones (excluding diaryl/α,β-unsaturated/α-hetero) is 1. The van der Waals surface area contributed by atoms with E-state index in [1.807, 2.05) is 0 Å². The molecule has 2 aromatic carbocycles. The van der Waals surface area contributed by atoms with E-state index >= 15 is 0 Å². The smallest absolute Gasteiger partial charge is 0.255 e. The minimum Gasteiger partial charge on any atom is -0.386 e. The van der Waals surface area contributed by atoms with Crippen LogP contribution in [0.25, 0.3) is 0 Å². The van der Waals surface area contributed by atoms with Gasteiger partial charge in [0.2, 0.25) is 0 Å². The molecule has 6 heteroatoms. The Morgan fingerprint density at radius 3 is 2.52 bits per heavy atom. The van der Waals surface area contributed by atoms with Crippen molar-refractivity contribution in [1.82, 2.24) is 0 Å². The average molecular weight is 330 g/mol. The Morgan fingerprint density at radius 1 is 1.13 bits per heavy atom. The standard InChI is InChI=1S/C17H16ClN3O2/c1-11(22)12-4-2-7-15(8-12)21-17(23)13-5-3-6-14(9-13)20-16(19)10-18/h2-9H,10H2,1H3,(H2,19,20)(H,21,23). The number of aliphatic imine (C=N–C) groups is 1. The van der Waals surface area contributed by atoms with Crippen molar-refractivity contribution in [3.05, 3.63) is 59.7 Å². The zero-order chi connectivity index (χ0) is 16.8. The monoisotopic (exact) mass is 329 g/mol.